The monoisotopic (exact) mass is 426 g/mol. The van der Waals surface area contributed by atoms with Gasteiger partial charge in [-0.3, -0.25) is 14.9 Å². The van der Waals surface area contributed by atoms with Crippen molar-refractivity contribution >= 4 is 21.8 Å². The summed E-state index contributed by atoms with van der Waals surface area (Å²) in [6.45, 7) is 5.49. The highest BCUT2D eigenvalue weighted by atomic mass is 32.2. The van der Waals surface area contributed by atoms with Crippen LogP contribution in [-0.2, 0) is 26.2 Å². The van der Waals surface area contributed by atoms with Crippen molar-refractivity contribution in [3.8, 4) is 0 Å². The Bertz CT molecular complexity index is 842. The van der Waals surface area contributed by atoms with Gasteiger partial charge in [0.1, 0.15) is 0 Å². The molecule has 0 radical (unpaired) electrons. The van der Waals surface area contributed by atoms with E-state index in [4.69, 9.17) is 4.74 Å². The van der Waals surface area contributed by atoms with Crippen LogP contribution in [0.1, 0.15) is 19.4 Å². The van der Waals surface area contributed by atoms with E-state index < -0.39 is 15.1 Å². The molecule has 11 heteroatoms. The summed E-state index contributed by atoms with van der Waals surface area (Å²) in [6.07, 6.45) is -0.181. The topological polar surface area (TPSA) is 113 Å². The molecule has 1 aromatic carbocycles. The lowest BCUT2D eigenvalue weighted by atomic mass is 10.1. The van der Waals surface area contributed by atoms with Gasteiger partial charge in [-0.1, -0.05) is 12.1 Å². The van der Waals surface area contributed by atoms with Crippen LogP contribution in [0.4, 0.5) is 5.69 Å². The molecule has 10 nitrogen and oxygen atoms in total. The Morgan fingerprint density at radius 3 is 2.14 bits per heavy atom. The maximum Gasteiger partial charge on any atom is 0.282 e. The van der Waals surface area contributed by atoms with Gasteiger partial charge in [-0.2, -0.15) is 17.0 Å². The first-order valence-electron chi connectivity index (χ1n) is 9.58. The van der Waals surface area contributed by atoms with Gasteiger partial charge in [-0.15, -0.1) is 0 Å². The zero-order valence-electron chi connectivity index (χ0n) is 16.6. The van der Waals surface area contributed by atoms with Crippen molar-refractivity contribution in [2.24, 2.45) is 0 Å². The molecular formula is C18H26N4O6S. The van der Waals surface area contributed by atoms with Crippen LogP contribution >= 0.6 is 0 Å². The minimum atomic E-state index is -3.59. The first-order valence-corrected chi connectivity index (χ1v) is 11.0. The Hall–Kier alpha value is -2.08. The van der Waals surface area contributed by atoms with Crippen molar-refractivity contribution in [1.29, 1.82) is 0 Å². The molecule has 0 bridgehead atoms. The van der Waals surface area contributed by atoms with E-state index in [-0.39, 0.29) is 43.3 Å². The second-order valence-electron chi connectivity index (χ2n) is 7.46. The second kappa shape index (κ2) is 8.74. The van der Waals surface area contributed by atoms with Gasteiger partial charge in [0.05, 0.1) is 23.6 Å². The molecule has 0 saturated carbocycles. The Balaban J connectivity index is 1.55. The first kappa shape index (κ1) is 21.6. The number of nitro groups is 1. The molecule has 160 valence electrons. The molecule has 0 aromatic heterocycles. The lowest BCUT2D eigenvalue weighted by Gasteiger charge is -2.40. The highest BCUT2D eigenvalue weighted by Gasteiger charge is 2.37. The number of rotatable bonds is 5. The third-order valence-corrected chi connectivity index (χ3v) is 7.10. The molecule has 29 heavy (non-hydrogen) atoms. The van der Waals surface area contributed by atoms with Crippen LogP contribution in [0.3, 0.4) is 0 Å². The average molecular weight is 426 g/mol. The number of nitro benzene ring substituents is 1. The smallest absolute Gasteiger partial charge is 0.282 e. The van der Waals surface area contributed by atoms with Crippen molar-refractivity contribution in [2.75, 3.05) is 39.3 Å². The largest absolute Gasteiger partial charge is 0.373 e. The van der Waals surface area contributed by atoms with Gasteiger partial charge in [0.15, 0.2) is 0 Å². The van der Waals surface area contributed by atoms with Crippen LogP contribution in [0.15, 0.2) is 24.3 Å². The maximum absolute atomic E-state index is 12.9. The lowest BCUT2D eigenvalue weighted by Crippen LogP contribution is -2.57. The highest BCUT2D eigenvalue weighted by molar-refractivity contribution is 7.86. The fourth-order valence-electron chi connectivity index (χ4n) is 3.67. The number of amides is 1. The molecule has 0 unspecified atom stereocenters. The number of morpholine rings is 1. The molecule has 0 spiro atoms. The Kier molecular flexibility index (Phi) is 6.52. The van der Waals surface area contributed by atoms with Crippen molar-refractivity contribution in [2.45, 2.75) is 32.5 Å². The van der Waals surface area contributed by atoms with Crippen molar-refractivity contribution in [3.05, 3.63) is 39.9 Å². The molecule has 1 amide bonds. The molecule has 1 aromatic rings. The van der Waals surface area contributed by atoms with E-state index >= 15 is 0 Å². The fraction of sp³-hybridized carbons (Fsp3) is 0.611. The number of benzene rings is 1. The van der Waals surface area contributed by atoms with Crippen molar-refractivity contribution in [3.63, 3.8) is 0 Å². The third kappa shape index (κ3) is 5.10. The zero-order valence-corrected chi connectivity index (χ0v) is 17.4. The number of non-ortho nitro benzene ring substituents is 1. The van der Waals surface area contributed by atoms with Crippen LogP contribution in [0.5, 0.6) is 0 Å². The van der Waals surface area contributed by atoms with Crippen LogP contribution in [-0.4, -0.2) is 84.2 Å². The second-order valence-corrected chi connectivity index (χ2v) is 9.39. The quantitative estimate of drug-likeness (QED) is 0.504. The van der Waals surface area contributed by atoms with E-state index in [9.17, 15) is 23.3 Å². The summed E-state index contributed by atoms with van der Waals surface area (Å²) >= 11 is 0. The maximum atomic E-state index is 12.9. The number of carbonyl (C=O) groups is 1. The molecule has 2 saturated heterocycles. The van der Waals surface area contributed by atoms with Gasteiger partial charge in [0.25, 0.3) is 15.9 Å². The van der Waals surface area contributed by atoms with Gasteiger partial charge in [-0.05, 0) is 19.4 Å². The molecule has 2 aliphatic rings. The van der Waals surface area contributed by atoms with E-state index in [2.05, 4.69) is 0 Å². The average Bonchev–Trinajstić information content (AvgIpc) is 2.67. The summed E-state index contributed by atoms with van der Waals surface area (Å²) in [4.78, 5) is 24.4. The Morgan fingerprint density at radius 2 is 1.62 bits per heavy atom. The predicted molar refractivity (Wildman–Crippen MR) is 105 cm³/mol. The molecule has 3 rings (SSSR count). The Labute approximate surface area is 170 Å². The highest BCUT2D eigenvalue weighted by Crippen LogP contribution is 2.19. The fourth-order valence-corrected chi connectivity index (χ4v) is 5.42. The Morgan fingerprint density at radius 1 is 1.07 bits per heavy atom. The van der Waals surface area contributed by atoms with E-state index in [1.165, 1.54) is 20.7 Å². The molecular weight excluding hydrogens is 400 g/mol. The molecule has 2 heterocycles. The van der Waals surface area contributed by atoms with Gasteiger partial charge >= 0.3 is 0 Å². The molecule has 0 aliphatic carbocycles. The van der Waals surface area contributed by atoms with Crippen molar-refractivity contribution in [1.82, 2.24) is 13.5 Å². The van der Waals surface area contributed by atoms with Gasteiger partial charge in [0, 0.05) is 51.4 Å². The van der Waals surface area contributed by atoms with Crippen LogP contribution in [0.2, 0.25) is 0 Å². The molecule has 2 atom stereocenters. The normalized spacial score (nSPS) is 24.4. The number of hydrogen-bond donors (Lipinski definition) is 0. The van der Waals surface area contributed by atoms with Gasteiger partial charge < -0.3 is 9.64 Å². The lowest BCUT2D eigenvalue weighted by molar-refractivity contribution is -0.384. The number of piperazine rings is 1. The van der Waals surface area contributed by atoms with Crippen LogP contribution in [0.25, 0.3) is 0 Å². The predicted octanol–water partition coefficient (Wildman–Crippen LogP) is 0.636. The van der Waals surface area contributed by atoms with E-state index in [0.29, 0.717) is 31.7 Å². The minimum absolute atomic E-state index is 0.0215. The summed E-state index contributed by atoms with van der Waals surface area (Å²) in [5, 5.41) is 10.7. The van der Waals surface area contributed by atoms with E-state index in [1.54, 1.807) is 17.0 Å². The third-order valence-electron chi connectivity index (χ3n) is 5.13. The number of nitrogens with zero attached hydrogens (tertiary/aromatic N) is 4. The molecule has 2 aliphatic heterocycles. The summed E-state index contributed by atoms with van der Waals surface area (Å²) < 4.78 is 34.3. The summed E-state index contributed by atoms with van der Waals surface area (Å²) in [5.41, 5.74) is 0.665. The molecule has 0 N–H and O–H groups in total. The van der Waals surface area contributed by atoms with E-state index in [0.717, 1.165) is 0 Å². The van der Waals surface area contributed by atoms with Crippen LogP contribution in [0, 0.1) is 10.1 Å². The SMILES string of the molecule is C[C@@H]1CN(S(=O)(=O)N2CCN(C(=O)Cc3ccc([N+](=O)[O-])cc3)CC2)C[C@@H](C)O1. The van der Waals surface area contributed by atoms with E-state index in [1.807, 2.05) is 13.8 Å². The van der Waals surface area contributed by atoms with Gasteiger partial charge in [-0.25, -0.2) is 0 Å². The number of ether oxygens (including phenoxy) is 1. The summed E-state index contributed by atoms with van der Waals surface area (Å²) in [7, 11) is -3.59. The van der Waals surface area contributed by atoms with Crippen LogP contribution < -0.4 is 0 Å². The summed E-state index contributed by atoms with van der Waals surface area (Å²) in [5.74, 6) is -0.121. The standard InChI is InChI=1S/C18H26N4O6S/c1-14-12-21(13-15(2)28-14)29(26,27)20-9-7-19(8-10-20)18(23)11-16-3-5-17(6-4-16)22(24)25/h3-6,14-15H,7-13H2,1-2H3/t14-,15-/m1/s1. The summed E-state index contributed by atoms with van der Waals surface area (Å²) in [6, 6.07) is 5.88. The first-order chi connectivity index (χ1) is 13.7. The number of hydrogen-bond acceptors (Lipinski definition) is 6. The van der Waals surface area contributed by atoms with Gasteiger partial charge in [0.2, 0.25) is 5.91 Å². The van der Waals surface area contributed by atoms with Crippen molar-refractivity contribution < 1.29 is 22.9 Å². The zero-order chi connectivity index (χ0) is 21.2. The number of carbonyl (C=O) groups excluding carboxylic acids is 1. The minimum Gasteiger partial charge on any atom is -0.373 e. The molecule has 2 fully saturated rings.